The highest BCUT2D eigenvalue weighted by Crippen LogP contribution is 2.32. The number of halogens is 1. The smallest absolute Gasteiger partial charge is 0.354 e. The molecular formula is C16H19ClN2O4. The van der Waals surface area contributed by atoms with Gasteiger partial charge in [0.05, 0.1) is 31.7 Å². The number of nitrogens with zero attached hydrogens (tertiary/aromatic N) is 1. The first-order chi connectivity index (χ1) is 11.0. The van der Waals surface area contributed by atoms with Crippen molar-refractivity contribution >= 4 is 34.9 Å². The van der Waals surface area contributed by atoms with Gasteiger partial charge in [-0.25, -0.2) is 9.59 Å². The van der Waals surface area contributed by atoms with E-state index in [1.165, 1.54) is 14.2 Å². The third-order valence-corrected chi connectivity index (χ3v) is 3.78. The minimum absolute atomic E-state index is 0.0120. The van der Waals surface area contributed by atoms with Gasteiger partial charge in [0.1, 0.15) is 5.70 Å². The van der Waals surface area contributed by atoms with Crippen molar-refractivity contribution in [1.29, 1.82) is 0 Å². The van der Waals surface area contributed by atoms with Gasteiger partial charge in [-0.1, -0.05) is 11.6 Å². The largest absolute Gasteiger partial charge is 0.466 e. The molecule has 0 radical (unpaired) electrons. The van der Waals surface area contributed by atoms with E-state index < -0.39 is 11.9 Å². The molecule has 1 N–H and O–H groups in total. The number of hydrogen-bond donors (Lipinski definition) is 1. The summed E-state index contributed by atoms with van der Waals surface area (Å²) in [5.74, 6) is -1.31. The second-order valence-electron chi connectivity index (χ2n) is 5.05. The number of ether oxygens (including phenoxy) is 2. The van der Waals surface area contributed by atoms with Crippen LogP contribution in [-0.2, 0) is 19.1 Å². The number of rotatable bonds is 5. The number of carbonyl (C=O) groups is 2. The fraction of sp³-hybridized carbons (Fsp3) is 0.375. The molecule has 1 saturated heterocycles. The summed E-state index contributed by atoms with van der Waals surface area (Å²) in [6, 6.07) is 5.40. The predicted molar refractivity (Wildman–Crippen MR) is 88.6 cm³/mol. The average Bonchev–Trinajstić information content (AvgIpc) is 3.07. The Kier molecular flexibility index (Phi) is 5.87. The fourth-order valence-electron chi connectivity index (χ4n) is 2.42. The molecule has 1 heterocycles. The lowest BCUT2D eigenvalue weighted by atomic mass is 10.2. The van der Waals surface area contributed by atoms with Gasteiger partial charge < -0.3 is 19.7 Å². The second kappa shape index (κ2) is 7.87. The van der Waals surface area contributed by atoms with Crippen LogP contribution in [0.25, 0.3) is 0 Å². The van der Waals surface area contributed by atoms with Gasteiger partial charge in [-0.15, -0.1) is 0 Å². The molecule has 1 aromatic carbocycles. The molecule has 1 fully saturated rings. The summed E-state index contributed by atoms with van der Waals surface area (Å²) in [4.78, 5) is 25.5. The van der Waals surface area contributed by atoms with E-state index in [-0.39, 0.29) is 5.70 Å². The van der Waals surface area contributed by atoms with E-state index in [1.807, 2.05) is 6.07 Å². The molecule has 0 aliphatic carbocycles. The number of anilines is 2. The van der Waals surface area contributed by atoms with E-state index in [0.29, 0.717) is 10.7 Å². The Morgan fingerprint density at radius 2 is 1.91 bits per heavy atom. The number of benzene rings is 1. The molecule has 1 aliphatic rings. The van der Waals surface area contributed by atoms with Gasteiger partial charge in [0, 0.05) is 18.1 Å². The van der Waals surface area contributed by atoms with Crippen molar-refractivity contribution in [3.05, 3.63) is 35.0 Å². The Morgan fingerprint density at radius 3 is 2.52 bits per heavy atom. The zero-order chi connectivity index (χ0) is 16.8. The van der Waals surface area contributed by atoms with Gasteiger partial charge in [-0.05, 0) is 31.0 Å². The van der Waals surface area contributed by atoms with Crippen molar-refractivity contribution in [2.45, 2.75) is 12.8 Å². The van der Waals surface area contributed by atoms with E-state index >= 15 is 0 Å². The van der Waals surface area contributed by atoms with Crippen molar-refractivity contribution in [2.24, 2.45) is 0 Å². The van der Waals surface area contributed by atoms with Crippen molar-refractivity contribution < 1.29 is 19.1 Å². The van der Waals surface area contributed by atoms with E-state index in [0.717, 1.165) is 37.7 Å². The first-order valence-electron chi connectivity index (χ1n) is 7.24. The quantitative estimate of drug-likeness (QED) is 0.657. The van der Waals surface area contributed by atoms with Crippen molar-refractivity contribution in [3.63, 3.8) is 0 Å². The zero-order valence-corrected chi connectivity index (χ0v) is 13.9. The van der Waals surface area contributed by atoms with Crippen LogP contribution in [0, 0.1) is 0 Å². The lowest BCUT2D eigenvalue weighted by Gasteiger charge is -2.22. The van der Waals surface area contributed by atoms with Crippen LogP contribution >= 0.6 is 11.6 Å². The molecule has 0 aromatic heterocycles. The molecule has 0 spiro atoms. The minimum atomic E-state index is -0.664. The van der Waals surface area contributed by atoms with Gasteiger partial charge in [0.25, 0.3) is 0 Å². The maximum Gasteiger partial charge on any atom is 0.354 e. The Morgan fingerprint density at radius 1 is 1.22 bits per heavy atom. The van der Waals surface area contributed by atoms with E-state index in [2.05, 4.69) is 15.0 Å². The highest BCUT2D eigenvalue weighted by Gasteiger charge is 2.19. The molecule has 0 amide bonds. The van der Waals surface area contributed by atoms with E-state index in [9.17, 15) is 9.59 Å². The van der Waals surface area contributed by atoms with Crippen LogP contribution in [0.5, 0.6) is 0 Å². The Bertz CT molecular complexity index is 625. The number of hydrogen-bond acceptors (Lipinski definition) is 6. The summed E-state index contributed by atoms with van der Waals surface area (Å²) < 4.78 is 9.27. The molecule has 0 bridgehead atoms. The monoisotopic (exact) mass is 338 g/mol. The van der Waals surface area contributed by atoms with Crippen LogP contribution in [0.2, 0.25) is 5.02 Å². The topological polar surface area (TPSA) is 67.9 Å². The summed E-state index contributed by atoms with van der Waals surface area (Å²) in [6.45, 7) is 1.87. The maximum atomic E-state index is 11.9. The molecule has 23 heavy (non-hydrogen) atoms. The molecule has 0 unspecified atom stereocenters. The molecule has 1 aliphatic heterocycles. The third-order valence-electron chi connectivity index (χ3n) is 3.54. The number of nitrogens with one attached hydrogen (secondary N) is 1. The standard InChI is InChI=1S/C16H19ClN2O4/c1-22-15(20)10-13(16(21)23-2)18-12-9-11(17)5-6-14(12)19-7-3-4-8-19/h5-6,9-10,18H,3-4,7-8H2,1-2H3/b13-10+. The summed E-state index contributed by atoms with van der Waals surface area (Å²) in [7, 11) is 2.48. The number of carbonyl (C=O) groups excluding carboxylic acids is 2. The fourth-order valence-corrected chi connectivity index (χ4v) is 2.59. The van der Waals surface area contributed by atoms with Crippen molar-refractivity contribution in [1.82, 2.24) is 0 Å². The van der Waals surface area contributed by atoms with Crippen LogP contribution in [0.1, 0.15) is 12.8 Å². The lowest BCUT2D eigenvalue weighted by molar-refractivity contribution is -0.138. The third kappa shape index (κ3) is 4.39. The Hall–Kier alpha value is -2.21. The minimum Gasteiger partial charge on any atom is -0.466 e. The first-order valence-corrected chi connectivity index (χ1v) is 7.62. The van der Waals surface area contributed by atoms with Crippen LogP contribution in [0.3, 0.4) is 0 Å². The van der Waals surface area contributed by atoms with Gasteiger partial charge >= 0.3 is 11.9 Å². The zero-order valence-electron chi connectivity index (χ0n) is 13.1. The summed E-state index contributed by atoms with van der Waals surface area (Å²) in [5, 5.41) is 3.47. The molecular weight excluding hydrogens is 320 g/mol. The Balaban J connectivity index is 2.35. The van der Waals surface area contributed by atoms with Crippen molar-refractivity contribution in [2.75, 3.05) is 37.5 Å². The molecule has 0 atom stereocenters. The summed E-state index contributed by atoms with van der Waals surface area (Å²) in [5.41, 5.74) is 1.55. The first kappa shape index (κ1) is 17.1. The lowest BCUT2D eigenvalue weighted by Crippen LogP contribution is -2.21. The second-order valence-corrected chi connectivity index (χ2v) is 5.49. The molecule has 7 heteroatoms. The van der Waals surface area contributed by atoms with Crippen molar-refractivity contribution in [3.8, 4) is 0 Å². The predicted octanol–water partition coefficient (Wildman–Crippen LogP) is 2.58. The van der Waals surface area contributed by atoms with Gasteiger partial charge in [-0.3, -0.25) is 0 Å². The van der Waals surface area contributed by atoms with Gasteiger partial charge in [0.2, 0.25) is 0 Å². The van der Waals surface area contributed by atoms with Crippen LogP contribution in [0.15, 0.2) is 30.0 Å². The molecule has 1 aromatic rings. The Labute approximate surface area is 140 Å². The number of methoxy groups -OCH3 is 2. The summed E-state index contributed by atoms with van der Waals surface area (Å²) in [6.07, 6.45) is 3.29. The normalized spacial score (nSPS) is 14.6. The van der Waals surface area contributed by atoms with E-state index in [4.69, 9.17) is 16.3 Å². The molecule has 124 valence electrons. The summed E-state index contributed by atoms with van der Waals surface area (Å²) >= 11 is 6.07. The van der Waals surface area contributed by atoms with E-state index in [1.54, 1.807) is 12.1 Å². The highest BCUT2D eigenvalue weighted by molar-refractivity contribution is 6.31. The van der Waals surface area contributed by atoms with Gasteiger partial charge in [0.15, 0.2) is 0 Å². The average molecular weight is 339 g/mol. The van der Waals surface area contributed by atoms with Crippen LogP contribution < -0.4 is 10.2 Å². The van der Waals surface area contributed by atoms with Crippen LogP contribution in [-0.4, -0.2) is 39.2 Å². The highest BCUT2D eigenvalue weighted by atomic mass is 35.5. The number of esters is 2. The molecule has 2 rings (SSSR count). The molecule has 0 saturated carbocycles. The van der Waals surface area contributed by atoms with Gasteiger partial charge in [-0.2, -0.15) is 0 Å². The van der Waals surface area contributed by atoms with Crippen LogP contribution in [0.4, 0.5) is 11.4 Å². The maximum absolute atomic E-state index is 11.9. The SMILES string of the molecule is COC(=O)/C=C(/Nc1cc(Cl)ccc1N1CCCC1)C(=O)OC. The molecule has 6 nitrogen and oxygen atoms in total.